The summed E-state index contributed by atoms with van der Waals surface area (Å²) in [5.41, 5.74) is 3.89. The van der Waals surface area contributed by atoms with Gasteiger partial charge in [0, 0.05) is 4.91 Å². The molecule has 0 radical (unpaired) electrons. The molecule has 0 saturated heterocycles. The highest BCUT2D eigenvalue weighted by molar-refractivity contribution is 8.26. The van der Waals surface area contributed by atoms with Gasteiger partial charge in [0.15, 0.2) is 0 Å². The Morgan fingerprint density at radius 2 is 2.50 bits per heavy atom. The summed E-state index contributed by atoms with van der Waals surface area (Å²) < 4.78 is 0. The van der Waals surface area contributed by atoms with Gasteiger partial charge < -0.3 is 0 Å². The Labute approximate surface area is 54.8 Å². The van der Waals surface area contributed by atoms with E-state index in [1.54, 1.807) is 0 Å². The van der Waals surface area contributed by atoms with Crippen molar-refractivity contribution >= 4 is 19.9 Å². The van der Waals surface area contributed by atoms with Crippen LogP contribution < -0.4 is 0 Å². The summed E-state index contributed by atoms with van der Waals surface area (Å²) in [6, 6.07) is 0. The van der Waals surface area contributed by atoms with Gasteiger partial charge in [-0.3, -0.25) is 0 Å². The molecule has 2 rings (SSSR count). The van der Waals surface area contributed by atoms with E-state index in [2.05, 4.69) is 35.1 Å². The highest BCUT2D eigenvalue weighted by Gasteiger charge is 2.10. The molecule has 0 aromatic heterocycles. The van der Waals surface area contributed by atoms with Crippen molar-refractivity contribution in [3.05, 3.63) is 34.4 Å². The van der Waals surface area contributed by atoms with E-state index in [9.17, 15) is 0 Å². The Morgan fingerprint density at radius 1 is 1.50 bits per heavy atom. The van der Waals surface area contributed by atoms with Crippen molar-refractivity contribution in [2.75, 3.05) is 0 Å². The molecule has 0 fully saturated rings. The Kier molecular flexibility index (Phi) is 0.950. The molecule has 1 aliphatic heterocycles. The Balaban J connectivity index is 2.49. The third-order valence-corrected chi connectivity index (χ3v) is 4.74. The average Bonchev–Trinajstić information content (AvgIpc) is 2.15. The van der Waals surface area contributed by atoms with E-state index in [1.165, 1.54) is 10.5 Å². The molecule has 1 heterocycles. The van der Waals surface area contributed by atoms with E-state index in [1.807, 2.05) is 0 Å². The zero-order chi connectivity index (χ0) is 5.40. The highest BCUT2D eigenvalue weighted by Crippen LogP contribution is 2.33. The molecule has 0 N–H and O–H groups in total. The van der Waals surface area contributed by atoms with E-state index >= 15 is 0 Å². The molecule has 0 aromatic carbocycles. The van der Waals surface area contributed by atoms with E-state index in [0.29, 0.717) is 0 Å². The zero-order valence-electron chi connectivity index (χ0n) is 4.42. The van der Waals surface area contributed by atoms with Crippen molar-refractivity contribution in [2.45, 2.75) is 0 Å². The van der Waals surface area contributed by atoms with Crippen LogP contribution in [-0.2, 0) is 0 Å². The fraction of sp³-hybridized carbons (Fsp3) is 0. The molecule has 40 valence electrons. The molecule has 0 unspecified atom stereocenters. The first-order valence-corrected chi connectivity index (χ1v) is 6.22. The van der Waals surface area contributed by atoms with Crippen molar-refractivity contribution in [2.24, 2.45) is 0 Å². The predicted molar refractivity (Wildman–Crippen MR) is 41.4 cm³/mol. The van der Waals surface area contributed by atoms with Crippen LogP contribution in [0.2, 0.25) is 0 Å². The van der Waals surface area contributed by atoms with Gasteiger partial charge in [0.05, 0.1) is 0 Å². The number of allylic oxidation sites excluding steroid dienone is 4. The largest absolute Gasteiger partial charge is 0.154 e. The van der Waals surface area contributed by atoms with Gasteiger partial charge in [0.1, 0.15) is 8.67 Å². The van der Waals surface area contributed by atoms with Gasteiger partial charge in [-0.05, 0) is 11.6 Å². The van der Waals surface area contributed by atoms with Crippen LogP contribution in [0.25, 0.3) is 0 Å². The summed E-state index contributed by atoms with van der Waals surface area (Å²) in [6.45, 7) is 0. The van der Waals surface area contributed by atoms with Crippen LogP contribution in [0.5, 0.6) is 0 Å². The summed E-state index contributed by atoms with van der Waals surface area (Å²) in [6.07, 6.45) is 6.53. The Morgan fingerprint density at radius 3 is 3.38 bits per heavy atom. The first-order chi connectivity index (χ1) is 3.97. The smallest absolute Gasteiger partial charge is 0.116 e. The standard InChI is InChI=1S/C6H6SSi/c1-2-5-4-8-7-6(5)3-1/h1-4H,8H2. The molecule has 0 saturated carbocycles. The third kappa shape index (κ3) is 0.532. The fourth-order valence-electron chi connectivity index (χ4n) is 0.939. The van der Waals surface area contributed by atoms with Gasteiger partial charge in [-0.15, -0.1) is 0 Å². The quantitative estimate of drug-likeness (QED) is 0.453. The van der Waals surface area contributed by atoms with Crippen LogP contribution in [0.15, 0.2) is 34.4 Å². The zero-order valence-corrected chi connectivity index (χ0v) is 6.66. The number of hydrogen-bond acceptors (Lipinski definition) is 1. The summed E-state index contributed by atoms with van der Waals surface area (Å²) in [7, 11) is 0.124. The molecule has 0 bridgehead atoms. The lowest BCUT2D eigenvalue weighted by atomic mass is 10.3. The van der Waals surface area contributed by atoms with Crippen LogP contribution in [0.3, 0.4) is 0 Å². The van der Waals surface area contributed by atoms with Gasteiger partial charge >= 0.3 is 0 Å². The van der Waals surface area contributed by atoms with Crippen LogP contribution in [0, 0.1) is 0 Å². The van der Waals surface area contributed by atoms with E-state index in [4.69, 9.17) is 0 Å². The summed E-state index contributed by atoms with van der Waals surface area (Å²) >= 11 is 2.06. The monoisotopic (exact) mass is 138 g/mol. The van der Waals surface area contributed by atoms with Crippen molar-refractivity contribution in [3.8, 4) is 0 Å². The van der Waals surface area contributed by atoms with Crippen LogP contribution in [-0.4, -0.2) is 8.67 Å². The average molecular weight is 138 g/mol. The minimum Gasteiger partial charge on any atom is -0.154 e. The second-order valence-electron chi connectivity index (χ2n) is 1.86. The van der Waals surface area contributed by atoms with Crippen molar-refractivity contribution in [1.29, 1.82) is 0 Å². The van der Waals surface area contributed by atoms with Crippen molar-refractivity contribution in [3.63, 3.8) is 0 Å². The lowest BCUT2D eigenvalue weighted by Crippen LogP contribution is -1.63. The van der Waals surface area contributed by atoms with Crippen molar-refractivity contribution < 1.29 is 0 Å². The number of hydrogen-bond donors (Lipinski definition) is 0. The molecule has 0 aromatic rings. The maximum Gasteiger partial charge on any atom is 0.116 e. The second-order valence-corrected chi connectivity index (χ2v) is 5.20. The molecule has 0 atom stereocenters. The molecular weight excluding hydrogens is 132 g/mol. The lowest BCUT2D eigenvalue weighted by Gasteiger charge is -1.88. The highest BCUT2D eigenvalue weighted by atomic mass is 32.4. The van der Waals surface area contributed by atoms with E-state index in [-0.39, 0.29) is 8.67 Å². The Hall–Kier alpha value is -0.213. The van der Waals surface area contributed by atoms with Gasteiger partial charge in [-0.2, -0.15) is 11.2 Å². The van der Waals surface area contributed by atoms with Gasteiger partial charge in [0.25, 0.3) is 0 Å². The first-order valence-electron chi connectivity index (χ1n) is 2.68. The van der Waals surface area contributed by atoms with Crippen LogP contribution in [0.1, 0.15) is 0 Å². The molecule has 1 aliphatic carbocycles. The summed E-state index contributed by atoms with van der Waals surface area (Å²) in [5, 5.41) is 0. The predicted octanol–water partition coefficient (Wildman–Crippen LogP) is 1.15. The van der Waals surface area contributed by atoms with Gasteiger partial charge in [-0.25, -0.2) is 0 Å². The van der Waals surface area contributed by atoms with Gasteiger partial charge in [0.2, 0.25) is 0 Å². The first kappa shape index (κ1) is 4.65. The molecular formula is C6H6SSi. The summed E-state index contributed by atoms with van der Waals surface area (Å²) in [4.78, 5) is 1.51. The van der Waals surface area contributed by atoms with Crippen molar-refractivity contribution in [1.82, 2.24) is 0 Å². The Bertz CT molecular complexity index is 201. The second kappa shape index (κ2) is 1.64. The maximum absolute atomic E-state index is 2.40. The molecule has 0 spiro atoms. The van der Waals surface area contributed by atoms with Crippen LogP contribution in [0.4, 0.5) is 0 Å². The van der Waals surface area contributed by atoms with E-state index in [0.717, 1.165) is 0 Å². The van der Waals surface area contributed by atoms with Gasteiger partial charge in [-0.1, -0.05) is 17.9 Å². The fourth-order valence-corrected chi connectivity index (χ4v) is 4.49. The number of fused-ring (bicyclic) bond motifs is 1. The minimum atomic E-state index is 0.124. The third-order valence-electron chi connectivity index (χ3n) is 1.35. The molecule has 2 aliphatic rings. The van der Waals surface area contributed by atoms with E-state index < -0.39 is 0 Å². The molecule has 0 nitrogen and oxygen atoms in total. The molecule has 0 amide bonds. The van der Waals surface area contributed by atoms with Crippen LogP contribution >= 0.6 is 11.2 Å². The molecule has 8 heavy (non-hydrogen) atoms. The normalized spacial score (nSPS) is 26.0. The summed E-state index contributed by atoms with van der Waals surface area (Å²) in [5.74, 6) is 0. The topological polar surface area (TPSA) is 0 Å². The lowest BCUT2D eigenvalue weighted by molar-refractivity contribution is 1.80. The number of rotatable bonds is 0. The minimum absolute atomic E-state index is 0.124. The maximum atomic E-state index is 2.40. The SMILES string of the molecule is C1=CC2=C[SiH2]SC2=C1. The molecule has 2 heteroatoms.